The van der Waals surface area contributed by atoms with Gasteiger partial charge in [-0.15, -0.1) is 0 Å². The zero-order valence-electron chi connectivity index (χ0n) is 20.2. The molecule has 3 aromatic heterocycles. The fourth-order valence-electron chi connectivity index (χ4n) is 3.76. The van der Waals surface area contributed by atoms with Crippen molar-refractivity contribution >= 4 is 17.4 Å². The third-order valence-electron chi connectivity index (χ3n) is 6.04. The van der Waals surface area contributed by atoms with E-state index in [1.54, 1.807) is 36.5 Å². The lowest BCUT2D eigenvalue weighted by molar-refractivity contribution is -0.140. The summed E-state index contributed by atoms with van der Waals surface area (Å²) in [5.74, 6) is 0.796. The van der Waals surface area contributed by atoms with Crippen molar-refractivity contribution in [1.29, 1.82) is 0 Å². The normalized spacial score (nSPS) is 13.7. The summed E-state index contributed by atoms with van der Waals surface area (Å²) < 4.78 is 47.8. The molecular formula is C26H25F3N6O2. The van der Waals surface area contributed by atoms with Crippen molar-refractivity contribution in [2.24, 2.45) is 5.92 Å². The smallest absolute Gasteiger partial charge is 0.437 e. The van der Waals surface area contributed by atoms with E-state index in [2.05, 4.69) is 25.7 Å². The van der Waals surface area contributed by atoms with Crippen LogP contribution >= 0.6 is 0 Å². The number of rotatable bonds is 8. The summed E-state index contributed by atoms with van der Waals surface area (Å²) in [5, 5.41) is 9.25. The minimum atomic E-state index is -4.78. The highest BCUT2D eigenvalue weighted by Crippen LogP contribution is 2.35. The van der Waals surface area contributed by atoms with Gasteiger partial charge in [0.1, 0.15) is 12.1 Å². The minimum Gasteiger partial charge on any atom is -0.444 e. The second-order valence-corrected chi connectivity index (χ2v) is 9.33. The molecule has 5 rings (SSSR count). The molecule has 3 heterocycles. The molecule has 0 bridgehead atoms. The number of oxazole rings is 1. The molecule has 1 aromatic carbocycles. The Morgan fingerprint density at radius 2 is 2.03 bits per heavy atom. The van der Waals surface area contributed by atoms with E-state index in [0.29, 0.717) is 23.0 Å². The predicted molar refractivity (Wildman–Crippen MR) is 132 cm³/mol. The largest absolute Gasteiger partial charge is 0.444 e. The maximum absolute atomic E-state index is 13.7. The molecule has 0 unspecified atom stereocenters. The van der Waals surface area contributed by atoms with Crippen molar-refractivity contribution in [1.82, 2.24) is 19.7 Å². The summed E-state index contributed by atoms with van der Waals surface area (Å²) in [6.07, 6.45) is 1.45. The van der Waals surface area contributed by atoms with E-state index in [0.717, 1.165) is 29.3 Å². The van der Waals surface area contributed by atoms with Gasteiger partial charge in [-0.3, -0.25) is 4.79 Å². The number of nitrogens with zero attached hydrogens (tertiary/aromatic N) is 4. The molecule has 1 saturated carbocycles. The molecule has 4 aromatic rings. The monoisotopic (exact) mass is 510 g/mol. The number of anilines is 2. The minimum absolute atomic E-state index is 0.152. The van der Waals surface area contributed by atoms with Crippen molar-refractivity contribution in [2.75, 3.05) is 17.2 Å². The second-order valence-electron chi connectivity index (χ2n) is 9.33. The maximum atomic E-state index is 13.7. The molecule has 2 N–H and O–H groups in total. The van der Waals surface area contributed by atoms with Crippen LogP contribution in [0.25, 0.3) is 17.1 Å². The van der Waals surface area contributed by atoms with Gasteiger partial charge in [-0.2, -0.15) is 18.3 Å². The van der Waals surface area contributed by atoms with Gasteiger partial charge in [0.05, 0.1) is 17.6 Å². The van der Waals surface area contributed by atoms with E-state index < -0.39 is 23.5 Å². The van der Waals surface area contributed by atoms with Gasteiger partial charge < -0.3 is 15.1 Å². The van der Waals surface area contributed by atoms with E-state index in [1.165, 1.54) is 12.8 Å². The van der Waals surface area contributed by atoms with Crippen molar-refractivity contribution in [3.63, 3.8) is 0 Å². The van der Waals surface area contributed by atoms with E-state index in [1.807, 2.05) is 19.9 Å². The van der Waals surface area contributed by atoms with Gasteiger partial charge in [-0.1, -0.05) is 26.0 Å². The molecular weight excluding hydrogens is 485 g/mol. The fourth-order valence-corrected chi connectivity index (χ4v) is 3.76. The number of carbonyl (C=O) groups is 1. The lowest BCUT2D eigenvalue weighted by Gasteiger charge is -2.08. The molecule has 0 radical (unpaired) electrons. The van der Waals surface area contributed by atoms with E-state index in [4.69, 9.17) is 4.42 Å². The van der Waals surface area contributed by atoms with Gasteiger partial charge in [0.15, 0.2) is 11.4 Å². The number of carbonyl (C=O) groups excluding carboxylic acids is 1. The molecule has 0 saturated heterocycles. The lowest BCUT2D eigenvalue weighted by Crippen LogP contribution is -2.16. The average molecular weight is 511 g/mol. The molecule has 0 atom stereocenters. The topological polar surface area (TPSA) is 97.9 Å². The zero-order chi connectivity index (χ0) is 26.2. The van der Waals surface area contributed by atoms with Crippen molar-refractivity contribution in [3.8, 4) is 17.1 Å². The van der Waals surface area contributed by atoms with E-state index in [9.17, 15) is 18.0 Å². The number of halogens is 3. The molecule has 192 valence electrons. The molecule has 1 aliphatic carbocycles. The van der Waals surface area contributed by atoms with Crippen LogP contribution in [0.4, 0.5) is 24.7 Å². The first-order valence-electron chi connectivity index (χ1n) is 11.9. The Hall–Kier alpha value is -4.15. The van der Waals surface area contributed by atoms with Crippen LogP contribution in [0.1, 0.15) is 54.4 Å². The summed E-state index contributed by atoms with van der Waals surface area (Å²) in [5.41, 5.74) is 0.129. The summed E-state index contributed by atoms with van der Waals surface area (Å²) in [4.78, 5) is 21.2. The van der Waals surface area contributed by atoms with Crippen LogP contribution in [0.2, 0.25) is 0 Å². The summed E-state index contributed by atoms with van der Waals surface area (Å²) in [7, 11) is 0. The molecule has 1 aliphatic rings. The number of alkyl halides is 3. The molecule has 8 nitrogen and oxygen atoms in total. The average Bonchev–Trinajstić information content (AvgIpc) is 3.38. The summed E-state index contributed by atoms with van der Waals surface area (Å²) >= 11 is 0. The Balaban J connectivity index is 1.37. The highest BCUT2D eigenvalue weighted by molar-refractivity contribution is 6.03. The highest BCUT2D eigenvalue weighted by Gasteiger charge is 2.38. The lowest BCUT2D eigenvalue weighted by atomic mass is 10.0. The Kier molecular flexibility index (Phi) is 6.45. The second kappa shape index (κ2) is 9.72. The van der Waals surface area contributed by atoms with Crippen molar-refractivity contribution in [2.45, 2.75) is 38.8 Å². The zero-order valence-corrected chi connectivity index (χ0v) is 20.2. The maximum Gasteiger partial charge on any atom is 0.437 e. The van der Waals surface area contributed by atoms with Gasteiger partial charge in [-0.05, 0) is 54.5 Å². The highest BCUT2D eigenvalue weighted by atomic mass is 19.4. The standard InChI is InChI=1S/C26H25F3N6O2/c1-15(2)17-4-3-5-19(10-17)35-13-20(23(34-35)26(27,28)29)32-24(36)21-14-37-25(33-21)18-8-9-30-22(11-18)31-12-16-6-7-16/h3-5,8-11,13-16H,6-7,12H2,1-2H3,(H,30,31)(H,32,36). The molecule has 1 fully saturated rings. The molecule has 37 heavy (non-hydrogen) atoms. The third kappa shape index (κ3) is 5.65. The van der Waals surface area contributed by atoms with Crippen LogP contribution < -0.4 is 10.6 Å². The number of pyridine rings is 1. The number of hydrogen-bond donors (Lipinski definition) is 2. The number of aromatic nitrogens is 4. The van der Waals surface area contributed by atoms with Crippen molar-refractivity contribution in [3.05, 3.63) is 72.0 Å². The molecule has 11 heteroatoms. The molecule has 1 amide bonds. The number of nitrogens with one attached hydrogen (secondary N) is 2. The van der Waals surface area contributed by atoms with Gasteiger partial charge in [0.25, 0.3) is 5.91 Å². The van der Waals surface area contributed by atoms with Gasteiger partial charge >= 0.3 is 6.18 Å². The fraction of sp³-hybridized carbons (Fsp3) is 0.308. The van der Waals surface area contributed by atoms with Crippen LogP contribution in [0.15, 0.2) is 59.5 Å². The quantitative estimate of drug-likeness (QED) is 0.296. The Labute approximate surface area is 210 Å². The van der Waals surface area contributed by atoms with Gasteiger partial charge in [0.2, 0.25) is 5.89 Å². The van der Waals surface area contributed by atoms with Gasteiger partial charge in [-0.25, -0.2) is 14.6 Å². The first kappa shape index (κ1) is 24.5. The van der Waals surface area contributed by atoms with Crippen molar-refractivity contribution < 1.29 is 22.4 Å². The predicted octanol–water partition coefficient (Wildman–Crippen LogP) is 6.14. The van der Waals surface area contributed by atoms with Gasteiger partial charge in [0, 0.05) is 18.3 Å². The first-order chi connectivity index (χ1) is 17.7. The Morgan fingerprint density at radius 1 is 1.22 bits per heavy atom. The summed E-state index contributed by atoms with van der Waals surface area (Å²) in [6.45, 7) is 4.80. The number of amides is 1. The van der Waals surface area contributed by atoms with E-state index in [-0.39, 0.29) is 17.5 Å². The summed E-state index contributed by atoms with van der Waals surface area (Å²) in [6, 6.07) is 10.5. The van der Waals surface area contributed by atoms with Crippen LogP contribution in [-0.4, -0.2) is 32.2 Å². The Morgan fingerprint density at radius 3 is 2.76 bits per heavy atom. The third-order valence-corrected chi connectivity index (χ3v) is 6.04. The van der Waals surface area contributed by atoms with Crippen LogP contribution in [0.5, 0.6) is 0 Å². The first-order valence-corrected chi connectivity index (χ1v) is 11.9. The number of benzene rings is 1. The van der Waals surface area contributed by atoms with Crippen LogP contribution in [0.3, 0.4) is 0 Å². The Bertz CT molecular complexity index is 1420. The molecule has 0 aliphatic heterocycles. The van der Waals surface area contributed by atoms with Crippen LogP contribution in [0, 0.1) is 5.92 Å². The molecule has 0 spiro atoms. The number of hydrogen-bond acceptors (Lipinski definition) is 6. The SMILES string of the molecule is CC(C)c1cccc(-n2cc(NC(=O)c3coc(-c4ccnc(NCC5CC5)c4)n3)c(C(F)(F)F)n2)c1. The van der Waals surface area contributed by atoms with E-state index >= 15 is 0 Å². The van der Waals surface area contributed by atoms with Crippen LogP contribution in [-0.2, 0) is 6.18 Å².